The SMILES string of the molecule is CCNC(C#N)CCOc1ccc(Br)cc1[N+](=O)[O-]. The monoisotopic (exact) mass is 327 g/mol. The Hall–Kier alpha value is -1.65. The highest BCUT2D eigenvalue weighted by Crippen LogP contribution is 2.30. The second kappa shape index (κ2) is 7.71. The molecule has 102 valence electrons. The number of nitriles is 1. The van der Waals surface area contributed by atoms with Crippen LogP contribution in [0.25, 0.3) is 0 Å². The van der Waals surface area contributed by atoms with Gasteiger partial charge in [-0.1, -0.05) is 22.9 Å². The van der Waals surface area contributed by atoms with E-state index in [1.54, 1.807) is 6.07 Å². The van der Waals surface area contributed by atoms with Gasteiger partial charge in [0.1, 0.15) is 0 Å². The standard InChI is InChI=1S/C12H14BrN3O3/c1-2-15-10(8-14)5-6-19-12-4-3-9(13)7-11(12)16(17)18/h3-4,7,10,15H,2,5-6H2,1H3. The molecule has 1 N–H and O–H groups in total. The summed E-state index contributed by atoms with van der Waals surface area (Å²) in [6, 6.07) is 6.40. The number of nitro benzene ring substituents is 1. The predicted molar refractivity (Wildman–Crippen MR) is 74.0 cm³/mol. The van der Waals surface area contributed by atoms with Crippen LogP contribution in [0.2, 0.25) is 0 Å². The summed E-state index contributed by atoms with van der Waals surface area (Å²) in [6.45, 7) is 2.84. The Morgan fingerprint density at radius 2 is 2.37 bits per heavy atom. The third kappa shape index (κ3) is 4.85. The van der Waals surface area contributed by atoms with E-state index < -0.39 is 4.92 Å². The number of hydrogen-bond donors (Lipinski definition) is 1. The van der Waals surface area contributed by atoms with Crippen LogP contribution >= 0.6 is 15.9 Å². The van der Waals surface area contributed by atoms with E-state index in [4.69, 9.17) is 10.00 Å². The molecule has 1 aromatic carbocycles. The van der Waals surface area contributed by atoms with Gasteiger partial charge in [-0.3, -0.25) is 10.1 Å². The number of nitro groups is 1. The first-order chi connectivity index (χ1) is 9.08. The third-order valence-electron chi connectivity index (χ3n) is 2.39. The lowest BCUT2D eigenvalue weighted by molar-refractivity contribution is -0.385. The molecule has 0 saturated heterocycles. The van der Waals surface area contributed by atoms with Crippen molar-refractivity contribution >= 4 is 21.6 Å². The maximum atomic E-state index is 10.9. The largest absolute Gasteiger partial charge is 0.487 e. The number of nitrogens with one attached hydrogen (secondary N) is 1. The lowest BCUT2D eigenvalue weighted by Gasteiger charge is -2.11. The molecule has 1 atom stereocenters. The molecule has 0 heterocycles. The van der Waals surface area contributed by atoms with Gasteiger partial charge in [0.2, 0.25) is 0 Å². The van der Waals surface area contributed by atoms with E-state index in [0.717, 1.165) is 0 Å². The van der Waals surface area contributed by atoms with Gasteiger partial charge in [-0.05, 0) is 18.7 Å². The molecular formula is C12H14BrN3O3. The van der Waals surface area contributed by atoms with Crippen molar-refractivity contribution in [3.8, 4) is 11.8 Å². The second-order valence-electron chi connectivity index (χ2n) is 3.75. The molecule has 6 nitrogen and oxygen atoms in total. The van der Waals surface area contributed by atoms with Gasteiger partial charge in [-0.15, -0.1) is 0 Å². The maximum absolute atomic E-state index is 10.9. The zero-order valence-corrected chi connectivity index (χ0v) is 12.0. The quantitative estimate of drug-likeness (QED) is 0.614. The normalized spacial score (nSPS) is 11.6. The Bertz CT molecular complexity index is 488. The van der Waals surface area contributed by atoms with Gasteiger partial charge >= 0.3 is 5.69 Å². The van der Waals surface area contributed by atoms with E-state index >= 15 is 0 Å². The number of benzene rings is 1. The number of ether oxygens (including phenoxy) is 1. The van der Waals surface area contributed by atoms with Crippen molar-refractivity contribution in [3.63, 3.8) is 0 Å². The average molecular weight is 328 g/mol. The van der Waals surface area contributed by atoms with Gasteiger partial charge in [0.25, 0.3) is 0 Å². The number of rotatable bonds is 7. The predicted octanol–water partition coefficient (Wildman–Crippen LogP) is 2.63. The minimum atomic E-state index is -0.494. The molecule has 19 heavy (non-hydrogen) atoms. The van der Waals surface area contributed by atoms with Crippen LogP contribution in [0, 0.1) is 21.4 Å². The molecular weight excluding hydrogens is 314 g/mol. The molecule has 0 saturated carbocycles. The van der Waals surface area contributed by atoms with Crippen LogP contribution in [0.4, 0.5) is 5.69 Å². The molecule has 1 aromatic rings. The van der Waals surface area contributed by atoms with Gasteiger partial charge in [-0.25, -0.2) is 0 Å². The van der Waals surface area contributed by atoms with Gasteiger partial charge in [0.15, 0.2) is 5.75 Å². The van der Waals surface area contributed by atoms with Gasteiger partial charge < -0.3 is 10.1 Å². The van der Waals surface area contributed by atoms with E-state index in [-0.39, 0.29) is 24.1 Å². The summed E-state index contributed by atoms with van der Waals surface area (Å²) in [4.78, 5) is 10.4. The van der Waals surface area contributed by atoms with Crippen molar-refractivity contribution in [1.29, 1.82) is 5.26 Å². The maximum Gasteiger partial charge on any atom is 0.312 e. The molecule has 0 spiro atoms. The van der Waals surface area contributed by atoms with Gasteiger partial charge in [0.05, 0.1) is 23.6 Å². The van der Waals surface area contributed by atoms with Crippen molar-refractivity contribution < 1.29 is 9.66 Å². The molecule has 1 unspecified atom stereocenters. The van der Waals surface area contributed by atoms with Crippen molar-refractivity contribution in [2.75, 3.05) is 13.2 Å². The van der Waals surface area contributed by atoms with E-state index in [1.807, 2.05) is 6.92 Å². The van der Waals surface area contributed by atoms with Crippen molar-refractivity contribution in [2.24, 2.45) is 0 Å². The highest BCUT2D eigenvalue weighted by molar-refractivity contribution is 9.10. The zero-order chi connectivity index (χ0) is 14.3. The van der Waals surface area contributed by atoms with Gasteiger partial charge in [0, 0.05) is 17.0 Å². The fraction of sp³-hybridized carbons (Fsp3) is 0.417. The number of nitrogens with zero attached hydrogens (tertiary/aromatic N) is 2. The van der Waals surface area contributed by atoms with E-state index in [2.05, 4.69) is 27.3 Å². The molecule has 0 aliphatic heterocycles. The summed E-state index contributed by atoms with van der Waals surface area (Å²) in [5.74, 6) is 0.210. The zero-order valence-electron chi connectivity index (χ0n) is 10.4. The fourth-order valence-corrected chi connectivity index (χ4v) is 1.85. The van der Waals surface area contributed by atoms with Crippen molar-refractivity contribution in [3.05, 3.63) is 32.8 Å². The van der Waals surface area contributed by atoms with E-state index in [0.29, 0.717) is 17.4 Å². The van der Waals surface area contributed by atoms with Crippen LogP contribution in [0.5, 0.6) is 5.75 Å². The summed E-state index contributed by atoms with van der Waals surface area (Å²) in [6.07, 6.45) is 0.470. The highest BCUT2D eigenvalue weighted by Gasteiger charge is 2.16. The van der Waals surface area contributed by atoms with Crippen molar-refractivity contribution in [1.82, 2.24) is 5.32 Å². The molecule has 1 rings (SSSR count). The lowest BCUT2D eigenvalue weighted by atomic mass is 10.2. The molecule has 0 fully saturated rings. The smallest absolute Gasteiger partial charge is 0.312 e. The fourth-order valence-electron chi connectivity index (χ4n) is 1.50. The average Bonchev–Trinajstić information content (AvgIpc) is 2.39. The molecule has 0 amide bonds. The van der Waals surface area contributed by atoms with Crippen LogP contribution in [-0.4, -0.2) is 24.1 Å². The minimum absolute atomic E-state index is 0.0914. The Kier molecular flexibility index (Phi) is 6.25. The van der Waals surface area contributed by atoms with Gasteiger partial charge in [-0.2, -0.15) is 5.26 Å². The molecule has 0 aromatic heterocycles. The molecule has 0 bridgehead atoms. The first-order valence-electron chi connectivity index (χ1n) is 5.78. The first-order valence-corrected chi connectivity index (χ1v) is 6.57. The van der Waals surface area contributed by atoms with Crippen LogP contribution in [-0.2, 0) is 0 Å². The van der Waals surface area contributed by atoms with Crippen LogP contribution in [0.1, 0.15) is 13.3 Å². The van der Waals surface area contributed by atoms with Crippen molar-refractivity contribution in [2.45, 2.75) is 19.4 Å². The van der Waals surface area contributed by atoms with Crippen LogP contribution < -0.4 is 10.1 Å². The Morgan fingerprint density at radius 1 is 1.63 bits per heavy atom. The van der Waals surface area contributed by atoms with Crippen LogP contribution in [0.3, 0.4) is 0 Å². The molecule has 0 aliphatic rings. The van der Waals surface area contributed by atoms with Crippen LogP contribution in [0.15, 0.2) is 22.7 Å². The molecule has 0 aliphatic carbocycles. The summed E-state index contributed by atoms with van der Waals surface area (Å²) >= 11 is 3.17. The second-order valence-corrected chi connectivity index (χ2v) is 4.66. The van der Waals surface area contributed by atoms with E-state index in [9.17, 15) is 10.1 Å². The topological polar surface area (TPSA) is 88.2 Å². The molecule has 0 radical (unpaired) electrons. The highest BCUT2D eigenvalue weighted by atomic mass is 79.9. The number of hydrogen-bond acceptors (Lipinski definition) is 5. The summed E-state index contributed by atoms with van der Waals surface area (Å²) in [5, 5.41) is 22.7. The first kappa shape index (κ1) is 15.4. The Balaban J connectivity index is 2.63. The third-order valence-corrected chi connectivity index (χ3v) is 2.88. The minimum Gasteiger partial charge on any atom is -0.487 e. The lowest BCUT2D eigenvalue weighted by Crippen LogP contribution is -2.28. The summed E-state index contributed by atoms with van der Waals surface area (Å²) in [7, 11) is 0. The Labute approximate surface area is 119 Å². The molecule has 7 heteroatoms. The number of halogens is 1. The summed E-state index contributed by atoms with van der Waals surface area (Å²) < 4.78 is 6.00. The Morgan fingerprint density at radius 3 is 2.95 bits per heavy atom. The van der Waals surface area contributed by atoms with E-state index in [1.165, 1.54) is 12.1 Å². The summed E-state index contributed by atoms with van der Waals surface area (Å²) in [5.41, 5.74) is -0.0914.